The van der Waals surface area contributed by atoms with Gasteiger partial charge in [-0.05, 0) is 25.8 Å². The Balaban J connectivity index is 3.48. The van der Waals surface area contributed by atoms with Crippen LogP contribution in [0.1, 0.15) is 33.1 Å². The Labute approximate surface area is 99.0 Å². The molecular weight excluding hydrogens is 206 g/mol. The molecule has 0 saturated carbocycles. The first-order valence-electron chi connectivity index (χ1n) is 6.25. The fraction of sp³-hybridized carbons (Fsp3) is 1.00. The van der Waals surface area contributed by atoms with E-state index in [4.69, 9.17) is 9.84 Å². The van der Waals surface area contributed by atoms with Gasteiger partial charge in [0.25, 0.3) is 0 Å². The van der Waals surface area contributed by atoms with Gasteiger partial charge in [-0.2, -0.15) is 0 Å². The Morgan fingerprint density at radius 3 is 2.31 bits per heavy atom. The molecule has 0 amide bonds. The van der Waals surface area contributed by atoms with Crippen molar-refractivity contribution in [2.24, 2.45) is 5.41 Å². The number of ether oxygens (including phenoxy) is 1. The molecule has 0 spiro atoms. The fourth-order valence-corrected chi connectivity index (χ4v) is 1.60. The van der Waals surface area contributed by atoms with Gasteiger partial charge in [0.1, 0.15) is 0 Å². The first-order valence-corrected chi connectivity index (χ1v) is 6.25. The maximum Gasteiger partial charge on any atom is 0.0697 e. The number of hydrogen-bond donors (Lipinski definition) is 3. The van der Waals surface area contributed by atoms with Crippen molar-refractivity contribution in [3.63, 3.8) is 0 Å². The van der Waals surface area contributed by atoms with Crippen LogP contribution >= 0.6 is 0 Å². The lowest BCUT2D eigenvalue weighted by atomic mass is 9.83. The fourth-order valence-electron chi connectivity index (χ4n) is 1.60. The second-order valence-corrected chi connectivity index (χ2v) is 4.23. The normalized spacial score (nSPS) is 12.0. The molecule has 4 nitrogen and oxygen atoms in total. The zero-order valence-corrected chi connectivity index (χ0v) is 10.7. The summed E-state index contributed by atoms with van der Waals surface area (Å²) >= 11 is 0. The molecular formula is C12H27NO3. The lowest BCUT2D eigenvalue weighted by Crippen LogP contribution is -2.37. The Kier molecular flexibility index (Phi) is 9.92. The van der Waals surface area contributed by atoms with Gasteiger partial charge in [0.05, 0.1) is 13.2 Å². The van der Waals surface area contributed by atoms with E-state index in [1.807, 2.05) is 0 Å². The first kappa shape index (κ1) is 15.8. The van der Waals surface area contributed by atoms with Gasteiger partial charge in [-0.1, -0.05) is 13.8 Å². The van der Waals surface area contributed by atoms with Crippen molar-refractivity contribution in [1.82, 2.24) is 5.32 Å². The van der Waals surface area contributed by atoms with Gasteiger partial charge in [0, 0.05) is 25.2 Å². The van der Waals surface area contributed by atoms with Gasteiger partial charge < -0.3 is 20.3 Å². The highest BCUT2D eigenvalue weighted by Crippen LogP contribution is 2.24. The van der Waals surface area contributed by atoms with E-state index in [0.717, 1.165) is 32.4 Å². The molecule has 16 heavy (non-hydrogen) atoms. The Bertz CT molecular complexity index is 141. The standard InChI is InChI=1S/C12H27NO3/c1-3-12(4-2,11-15)10-13-6-5-8-16-9-7-14/h13-15H,3-11H2,1-2H3. The second kappa shape index (κ2) is 10.0. The molecule has 0 aromatic rings. The maximum atomic E-state index is 9.36. The number of rotatable bonds is 11. The van der Waals surface area contributed by atoms with Crippen molar-refractivity contribution in [3.8, 4) is 0 Å². The van der Waals surface area contributed by atoms with Crippen LogP contribution in [-0.4, -0.2) is 49.7 Å². The van der Waals surface area contributed by atoms with E-state index < -0.39 is 0 Å². The van der Waals surface area contributed by atoms with E-state index in [1.165, 1.54) is 0 Å². The Hall–Kier alpha value is -0.160. The Morgan fingerprint density at radius 2 is 1.81 bits per heavy atom. The van der Waals surface area contributed by atoms with Crippen molar-refractivity contribution in [2.45, 2.75) is 33.1 Å². The summed E-state index contributed by atoms with van der Waals surface area (Å²) in [7, 11) is 0. The third kappa shape index (κ3) is 6.43. The van der Waals surface area contributed by atoms with Gasteiger partial charge in [-0.3, -0.25) is 0 Å². The van der Waals surface area contributed by atoms with Gasteiger partial charge in [0.2, 0.25) is 0 Å². The molecule has 0 rings (SSSR count). The average Bonchev–Trinajstić information content (AvgIpc) is 2.34. The molecule has 0 aliphatic heterocycles. The van der Waals surface area contributed by atoms with E-state index >= 15 is 0 Å². The van der Waals surface area contributed by atoms with Crippen LogP contribution in [0.4, 0.5) is 0 Å². The van der Waals surface area contributed by atoms with Crippen LogP contribution in [-0.2, 0) is 4.74 Å². The summed E-state index contributed by atoms with van der Waals surface area (Å²) in [6, 6.07) is 0. The van der Waals surface area contributed by atoms with Crippen LogP contribution in [0.25, 0.3) is 0 Å². The summed E-state index contributed by atoms with van der Waals surface area (Å²) in [6.07, 6.45) is 2.93. The molecule has 0 atom stereocenters. The van der Waals surface area contributed by atoms with Crippen molar-refractivity contribution in [3.05, 3.63) is 0 Å². The minimum Gasteiger partial charge on any atom is -0.396 e. The third-order valence-corrected chi connectivity index (χ3v) is 3.21. The Morgan fingerprint density at radius 1 is 1.12 bits per heavy atom. The van der Waals surface area contributed by atoms with Gasteiger partial charge >= 0.3 is 0 Å². The maximum absolute atomic E-state index is 9.36. The average molecular weight is 233 g/mol. The van der Waals surface area contributed by atoms with E-state index in [-0.39, 0.29) is 18.6 Å². The van der Waals surface area contributed by atoms with E-state index in [1.54, 1.807) is 0 Å². The van der Waals surface area contributed by atoms with Crippen molar-refractivity contribution < 1.29 is 14.9 Å². The summed E-state index contributed by atoms with van der Waals surface area (Å²) in [5.41, 5.74) is 0.0337. The van der Waals surface area contributed by atoms with Crippen LogP contribution in [0.15, 0.2) is 0 Å². The zero-order chi connectivity index (χ0) is 12.3. The van der Waals surface area contributed by atoms with E-state index in [2.05, 4.69) is 19.2 Å². The van der Waals surface area contributed by atoms with Gasteiger partial charge in [-0.15, -0.1) is 0 Å². The minimum absolute atomic E-state index is 0.0337. The monoisotopic (exact) mass is 233 g/mol. The third-order valence-electron chi connectivity index (χ3n) is 3.21. The van der Waals surface area contributed by atoms with Crippen molar-refractivity contribution >= 4 is 0 Å². The van der Waals surface area contributed by atoms with Crippen LogP contribution in [0.2, 0.25) is 0 Å². The summed E-state index contributed by atoms with van der Waals surface area (Å²) < 4.78 is 5.15. The lowest BCUT2D eigenvalue weighted by Gasteiger charge is -2.29. The molecule has 0 fully saturated rings. The number of aliphatic hydroxyl groups excluding tert-OH is 2. The predicted molar refractivity (Wildman–Crippen MR) is 65.5 cm³/mol. The van der Waals surface area contributed by atoms with E-state index in [9.17, 15) is 5.11 Å². The van der Waals surface area contributed by atoms with Crippen LogP contribution in [0, 0.1) is 5.41 Å². The topological polar surface area (TPSA) is 61.7 Å². The summed E-state index contributed by atoms with van der Waals surface area (Å²) in [6.45, 7) is 7.42. The lowest BCUT2D eigenvalue weighted by molar-refractivity contribution is 0.0877. The highest BCUT2D eigenvalue weighted by atomic mass is 16.5. The molecule has 0 aromatic heterocycles. The summed E-state index contributed by atoms with van der Waals surface area (Å²) in [5, 5.41) is 21.2. The summed E-state index contributed by atoms with van der Waals surface area (Å²) in [4.78, 5) is 0. The number of nitrogens with one attached hydrogen (secondary N) is 1. The first-order chi connectivity index (χ1) is 7.74. The molecule has 0 saturated heterocycles. The molecule has 0 unspecified atom stereocenters. The second-order valence-electron chi connectivity index (χ2n) is 4.23. The molecule has 0 bridgehead atoms. The van der Waals surface area contributed by atoms with Crippen LogP contribution in [0.3, 0.4) is 0 Å². The molecule has 0 aromatic carbocycles. The molecule has 0 radical (unpaired) electrons. The molecule has 0 aliphatic rings. The molecule has 98 valence electrons. The predicted octanol–water partition coefficient (Wildman–Crippen LogP) is 0.774. The largest absolute Gasteiger partial charge is 0.396 e. The minimum atomic E-state index is 0.0337. The molecule has 0 heterocycles. The highest BCUT2D eigenvalue weighted by molar-refractivity contribution is 4.77. The molecule has 0 aliphatic carbocycles. The highest BCUT2D eigenvalue weighted by Gasteiger charge is 2.24. The van der Waals surface area contributed by atoms with Crippen molar-refractivity contribution in [1.29, 1.82) is 0 Å². The van der Waals surface area contributed by atoms with Crippen molar-refractivity contribution in [2.75, 3.05) is 39.5 Å². The van der Waals surface area contributed by atoms with Crippen LogP contribution < -0.4 is 5.32 Å². The smallest absolute Gasteiger partial charge is 0.0697 e. The zero-order valence-electron chi connectivity index (χ0n) is 10.7. The van der Waals surface area contributed by atoms with E-state index in [0.29, 0.717) is 13.2 Å². The molecule has 4 heteroatoms. The number of aliphatic hydroxyl groups is 2. The van der Waals surface area contributed by atoms with Crippen LogP contribution in [0.5, 0.6) is 0 Å². The number of hydrogen-bond acceptors (Lipinski definition) is 4. The van der Waals surface area contributed by atoms with Gasteiger partial charge in [-0.25, -0.2) is 0 Å². The summed E-state index contributed by atoms with van der Waals surface area (Å²) in [5.74, 6) is 0. The quantitative estimate of drug-likeness (QED) is 0.461. The van der Waals surface area contributed by atoms with Gasteiger partial charge in [0.15, 0.2) is 0 Å². The molecule has 3 N–H and O–H groups in total. The SMILES string of the molecule is CCC(CC)(CO)CNCCCOCCO.